The number of hydrogen-bond acceptors (Lipinski definition) is 1. The van der Waals surface area contributed by atoms with Crippen LogP contribution in [0.15, 0.2) is 18.2 Å². The third-order valence-electron chi connectivity index (χ3n) is 3.91. The Hall–Kier alpha value is -1.52. The Morgan fingerprint density at radius 2 is 1.74 bits per heavy atom. The van der Waals surface area contributed by atoms with Crippen LogP contribution >= 0.6 is 0 Å². The molecule has 23 heavy (non-hydrogen) atoms. The highest BCUT2D eigenvalue weighted by Gasteiger charge is 2.34. The molecule has 0 unspecified atom stereocenters. The number of hydrogen-bond donors (Lipinski definition) is 0. The van der Waals surface area contributed by atoms with Gasteiger partial charge in [-0.15, -0.1) is 0 Å². The summed E-state index contributed by atoms with van der Waals surface area (Å²) < 4.78 is 38.3. The van der Waals surface area contributed by atoms with Crippen molar-refractivity contribution < 1.29 is 18.0 Å². The minimum absolute atomic E-state index is 0.0272. The fraction of sp³-hybridized carbons (Fsp3) is 0.611. The Bertz CT molecular complexity index is 557. The van der Waals surface area contributed by atoms with Gasteiger partial charge in [0.2, 0.25) is 5.91 Å². The first-order valence-electron chi connectivity index (χ1n) is 7.99. The van der Waals surface area contributed by atoms with E-state index < -0.39 is 18.6 Å². The van der Waals surface area contributed by atoms with Gasteiger partial charge in [0.15, 0.2) is 0 Å². The number of benzene rings is 1. The predicted molar refractivity (Wildman–Crippen MR) is 84.3 cm³/mol. The summed E-state index contributed by atoms with van der Waals surface area (Å²) in [6.45, 7) is 4.40. The van der Waals surface area contributed by atoms with E-state index in [1.54, 1.807) is 0 Å². The number of fused-ring (bicyclic) bond motifs is 1. The highest BCUT2D eigenvalue weighted by atomic mass is 19.4. The van der Waals surface area contributed by atoms with Crippen LogP contribution in [0.2, 0.25) is 0 Å². The van der Waals surface area contributed by atoms with Crippen molar-refractivity contribution in [1.29, 1.82) is 0 Å². The molecule has 0 bridgehead atoms. The van der Waals surface area contributed by atoms with Gasteiger partial charge in [-0.1, -0.05) is 39.0 Å². The molecule has 2 nitrogen and oxygen atoms in total. The van der Waals surface area contributed by atoms with Crippen molar-refractivity contribution in [2.75, 3.05) is 13.1 Å². The maximum absolute atomic E-state index is 12.8. The Morgan fingerprint density at radius 3 is 2.35 bits per heavy atom. The summed E-state index contributed by atoms with van der Waals surface area (Å²) in [5.74, 6) is -0.463. The molecule has 0 saturated carbocycles. The van der Waals surface area contributed by atoms with E-state index in [2.05, 4.69) is 0 Å². The smallest absolute Gasteiger partial charge is 0.333 e. The number of carbonyl (C=O) groups excluding carboxylic acids is 1. The lowest BCUT2D eigenvalue weighted by atomic mass is 9.95. The van der Waals surface area contributed by atoms with Crippen LogP contribution < -0.4 is 0 Å². The van der Waals surface area contributed by atoms with E-state index in [-0.39, 0.29) is 18.4 Å². The number of aryl methyl sites for hydroxylation is 2. The highest BCUT2D eigenvalue weighted by molar-refractivity contribution is 5.79. The maximum Gasteiger partial charge on any atom is 0.406 e. The van der Waals surface area contributed by atoms with Crippen LogP contribution in [-0.4, -0.2) is 30.1 Å². The number of nitrogens with zero attached hydrogens (tertiary/aromatic N) is 1. The van der Waals surface area contributed by atoms with Crippen molar-refractivity contribution >= 4 is 5.91 Å². The molecule has 5 heteroatoms. The van der Waals surface area contributed by atoms with Gasteiger partial charge in [0.05, 0.1) is 6.42 Å². The molecule has 128 valence electrons. The average Bonchev–Trinajstić information content (AvgIpc) is 2.81. The van der Waals surface area contributed by atoms with E-state index in [0.717, 1.165) is 29.7 Å². The lowest BCUT2D eigenvalue weighted by Crippen LogP contribution is -2.44. The first kappa shape index (κ1) is 17.8. The van der Waals surface area contributed by atoms with Crippen LogP contribution in [0.5, 0.6) is 0 Å². The van der Waals surface area contributed by atoms with E-state index in [4.69, 9.17) is 0 Å². The molecule has 2 rings (SSSR count). The molecule has 0 N–H and O–H groups in total. The molecule has 0 spiro atoms. The molecule has 0 fully saturated rings. The molecule has 0 heterocycles. The molecule has 1 aromatic carbocycles. The number of amides is 1. The summed E-state index contributed by atoms with van der Waals surface area (Å²) in [5.41, 5.74) is 2.95. The van der Waals surface area contributed by atoms with Crippen molar-refractivity contribution in [2.45, 2.75) is 52.6 Å². The summed E-state index contributed by atoms with van der Waals surface area (Å²) >= 11 is 0. The fourth-order valence-electron chi connectivity index (χ4n) is 3.04. The zero-order valence-electron chi connectivity index (χ0n) is 14.0. The predicted octanol–water partition coefficient (Wildman–Crippen LogP) is 4.15. The van der Waals surface area contributed by atoms with Crippen LogP contribution in [0.1, 0.15) is 43.9 Å². The molecule has 1 aliphatic rings. The summed E-state index contributed by atoms with van der Waals surface area (Å²) in [7, 11) is 0. The van der Waals surface area contributed by atoms with Crippen LogP contribution in [0.3, 0.4) is 0 Å². The Kier molecular flexibility index (Phi) is 5.07. The molecule has 0 aromatic heterocycles. The van der Waals surface area contributed by atoms with Gasteiger partial charge in [-0.3, -0.25) is 4.79 Å². The van der Waals surface area contributed by atoms with Crippen LogP contribution in [0.4, 0.5) is 13.2 Å². The fourth-order valence-corrected chi connectivity index (χ4v) is 3.04. The van der Waals surface area contributed by atoms with E-state index in [1.165, 1.54) is 11.1 Å². The maximum atomic E-state index is 12.8. The SMILES string of the molecule is CC(C)(C)CN(CC(F)(F)F)C(=O)Cc1ccc2c(c1)CCC2. The van der Waals surface area contributed by atoms with Crippen molar-refractivity contribution in [1.82, 2.24) is 4.90 Å². The highest BCUT2D eigenvalue weighted by Crippen LogP contribution is 2.25. The first-order chi connectivity index (χ1) is 10.5. The Labute approximate surface area is 135 Å². The number of halogens is 3. The lowest BCUT2D eigenvalue weighted by Gasteiger charge is -2.30. The van der Waals surface area contributed by atoms with Gasteiger partial charge in [-0.25, -0.2) is 0 Å². The molecular formula is C18H24F3NO. The summed E-state index contributed by atoms with van der Waals surface area (Å²) in [6.07, 6.45) is -1.20. The van der Waals surface area contributed by atoms with Gasteiger partial charge < -0.3 is 4.90 Å². The third-order valence-corrected chi connectivity index (χ3v) is 3.91. The second kappa shape index (κ2) is 6.54. The molecule has 0 aliphatic heterocycles. The van der Waals surface area contributed by atoms with Gasteiger partial charge in [0, 0.05) is 6.54 Å². The third kappa shape index (κ3) is 5.56. The molecule has 0 atom stereocenters. The molecule has 1 aromatic rings. The van der Waals surface area contributed by atoms with Crippen molar-refractivity contribution in [3.05, 3.63) is 34.9 Å². The Morgan fingerprint density at radius 1 is 1.09 bits per heavy atom. The molecule has 1 aliphatic carbocycles. The van der Waals surface area contributed by atoms with E-state index in [1.807, 2.05) is 39.0 Å². The van der Waals surface area contributed by atoms with E-state index in [9.17, 15) is 18.0 Å². The van der Waals surface area contributed by atoms with Gasteiger partial charge in [-0.05, 0) is 41.4 Å². The van der Waals surface area contributed by atoms with Crippen molar-refractivity contribution in [3.8, 4) is 0 Å². The monoisotopic (exact) mass is 327 g/mol. The largest absolute Gasteiger partial charge is 0.406 e. The van der Waals surface area contributed by atoms with Crippen LogP contribution in [0, 0.1) is 5.41 Å². The number of rotatable bonds is 4. The second-order valence-corrected chi connectivity index (χ2v) is 7.56. The van der Waals surface area contributed by atoms with E-state index >= 15 is 0 Å². The zero-order chi connectivity index (χ0) is 17.3. The molecule has 0 radical (unpaired) electrons. The molecular weight excluding hydrogens is 303 g/mol. The molecule has 0 saturated heterocycles. The summed E-state index contributed by atoms with van der Waals surface area (Å²) in [4.78, 5) is 13.3. The first-order valence-corrected chi connectivity index (χ1v) is 7.99. The minimum Gasteiger partial charge on any atom is -0.333 e. The van der Waals surface area contributed by atoms with Crippen LogP contribution in [-0.2, 0) is 24.1 Å². The quantitative estimate of drug-likeness (QED) is 0.813. The average molecular weight is 327 g/mol. The van der Waals surface area contributed by atoms with Crippen molar-refractivity contribution in [2.24, 2.45) is 5.41 Å². The lowest BCUT2D eigenvalue weighted by molar-refractivity contribution is -0.163. The Balaban J connectivity index is 2.10. The molecule has 1 amide bonds. The summed E-state index contributed by atoms with van der Waals surface area (Å²) in [6, 6.07) is 5.84. The van der Waals surface area contributed by atoms with Crippen molar-refractivity contribution in [3.63, 3.8) is 0 Å². The zero-order valence-corrected chi connectivity index (χ0v) is 14.0. The number of carbonyl (C=O) groups is 1. The van der Waals surface area contributed by atoms with Gasteiger partial charge in [0.1, 0.15) is 6.54 Å². The van der Waals surface area contributed by atoms with Crippen LogP contribution in [0.25, 0.3) is 0 Å². The van der Waals surface area contributed by atoms with Gasteiger partial charge in [0.25, 0.3) is 0 Å². The standard InChI is InChI=1S/C18H24F3NO/c1-17(2,3)11-22(12-18(19,20)21)16(23)10-13-7-8-14-5-4-6-15(14)9-13/h7-9H,4-6,10-12H2,1-3H3. The summed E-state index contributed by atoms with van der Waals surface area (Å²) in [5, 5.41) is 0. The second-order valence-electron chi connectivity index (χ2n) is 7.56. The number of alkyl halides is 3. The van der Waals surface area contributed by atoms with E-state index in [0.29, 0.717) is 0 Å². The van der Waals surface area contributed by atoms with Gasteiger partial charge >= 0.3 is 6.18 Å². The topological polar surface area (TPSA) is 20.3 Å². The van der Waals surface area contributed by atoms with Gasteiger partial charge in [-0.2, -0.15) is 13.2 Å². The normalized spacial score (nSPS) is 14.7. The minimum atomic E-state index is -4.38.